The molecule has 0 bridgehead atoms. The molecule has 4 rings (SSSR count). The van der Waals surface area contributed by atoms with E-state index in [4.69, 9.17) is 9.47 Å². The number of carbonyl (C=O) groups excluding carboxylic acids is 2. The molecule has 1 saturated carbocycles. The predicted octanol–water partition coefficient (Wildman–Crippen LogP) is 5.34. The second kappa shape index (κ2) is 16.3. The van der Waals surface area contributed by atoms with Crippen molar-refractivity contribution >= 4 is 27.5 Å². The number of methoxy groups -OCH3 is 1. The minimum atomic E-state index is -3.67. The third-order valence-corrected chi connectivity index (χ3v) is 9.23. The molecule has 0 unspecified atom stereocenters. The van der Waals surface area contributed by atoms with Gasteiger partial charge in [-0.3, -0.25) is 13.9 Å². The zero-order valence-electron chi connectivity index (χ0n) is 26.5. The molecule has 0 heterocycles. The van der Waals surface area contributed by atoms with Gasteiger partial charge in [-0.05, 0) is 61.6 Å². The summed E-state index contributed by atoms with van der Waals surface area (Å²) >= 11 is 0. The second-order valence-corrected chi connectivity index (χ2v) is 13.3. The van der Waals surface area contributed by atoms with Gasteiger partial charge in [-0.15, -0.1) is 0 Å². The van der Waals surface area contributed by atoms with Crippen molar-refractivity contribution in [1.29, 1.82) is 0 Å². The highest BCUT2D eigenvalue weighted by Crippen LogP contribution is 2.30. The van der Waals surface area contributed by atoms with Crippen molar-refractivity contribution in [2.75, 3.05) is 30.8 Å². The van der Waals surface area contributed by atoms with E-state index < -0.39 is 16.1 Å². The molecule has 3 aromatic rings. The maximum Gasteiger partial charge on any atom is 0.243 e. The number of hydrogen-bond acceptors (Lipinski definition) is 6. The first-order chi connectivity index (χ1) is 21.7. The van der Waals surface area contributed by atoms with Gasteiger partial charge < -0.3 is 19.7 Å². The number of ether oxygens (including phenoxy) is 2. The van der Waals surface area contributed by atoms with Crippen molar-refractivity contribution in [3.63, 3.8) is 0 Å². The van der Waals surface area contributed by atoms with Crippen molar-refractivity contribution in [2.24, 2.45) is 0 Å². The number of hydrogen-bond donors (Lipinski definition) is 1. The Morgan fingerprint density at radius 2 is 1.64 bits per heavy atom. The fourth-order valence-corrected chi connectivity index (χ4v) is 6.78. The van der Waals surface area contributed by atoms with E-state index >= 15 is 0 Å². The van der Waals surface area contributed by atoms with Crippen LogP contribution in [0.25, 0.3) is 0 Å². The number of carbonyl (C=O) groups is 2. The highest BCUT2D eigenvalue weighted by atomic mass is 32.2. The van der Waals surface area contributed by atoms with Gasteiger partial charge in [0.15, 0.2) is 0 Å². The van der Waals surface area contributed by atoms with Gasteiger partial charge >= 0.3 is 0 Å². The second-order valence-electron chi connectivity index (χ2n) is 11.4. The fourth-order valence-electron chi connectivity index (χ4n) is 5.81. The van der Waals surface area contributed by atoms with E-state index in [1.807, 2.05) is 61.5 Å². The monoisotopic (exact) mass is 635 g/mol. The van der Waals surface area contributed by atoms with Crippen LogP contribution in [0.3, 0.4) is 0 Å². The van der Waals surface area contributed by atoms with Crippen molar-refractivity contribution < 1.29 is 27.5 Å². The maximum absolute atomic E-state index is 14.1. The van der Waals surface area contributed by atoms with Crippen LogP contribution in [-0.4, -0.2) is 63.7 Å². The number of rotatable bonds is 16. The highest BCUT2D eigenvalue weighted by molar-refractivity contribution is 7.92. The zero-order chi connectivity index (χ0) is 32.2. The van der Waals surface area contributed by atoms with Gasteiger partial charge in [0, 0.05) is 32.0 Å². The Bertz CT molecular complexity index is 1510. The van der Waals surface area contributed by atoms with E-state index in [-0.39, 0.29) is 43.8 Å². The molecule has 0 spiro atoms. The van der Waals surface area contributed by atoms with Gasteiger partial charge in [-0.1, -0.05) is 67.4 Å². The molecule has 1 atom stereocenters. The molecule has 0 aliphatic heterocycles. The molecule has 10 heteroatoms. The number of nitrogens with one attached hydrogen (secondary N) is 1. The summed E-state index contributed by atoms with van der Waals surface area (Å²) in [7, 11) is -2.08. The Balaban J connectivity index is 1.61. The number of sulfonamides is 1. The summed E-state index contributed by atoms with van der Waals surface area (Å²) in [5, 5.41) is 3.22. The lowest BCUT2D eigenvalue weighted by molar-refractivity contribution is -0.141. The Morgan fingerprint density at radius 1 is 0.956 bits per heavy atom. The van der Waals surface area contributed by atoms with E-state index in [0.29, 0.717) is 30.2 Å². The molecule has 0 aromatic heterocycles. The van der Waals surface area contributed by atoms with E-state index in [1.54, 1.807) is 36.3 Å². The minimum absolute atomic E-state index is 0.0504. The van der Waals surface area contributed by atoms with E-state index in [9.17, 15) is 18.0 Å². The van der Waals surface area contributed by atoms with Crippen molar-refractivity contribution in [2.45, 2.75) is 70.5 Å². The molecule has 1 N–H and O–H groups in total. The highest BCUT2D eigenvalue weighted by Gasteiger charge is 2.32. The van der Waals surface area contributed by atoms with Gasteiger partial charge in [0.1, 0.15) is 17.5 Å². The predicted molar refractivity (Wildman–Crippen MR) is 177 cm³/mol. The normalized spacial score (nSPS) is 14.0. The maximum atomic E-state index is 14.1. The Kier molecular flexibility index (Phi) is 12.3. The van der Waals surface area contributed by atoms with Gasteiger partial charge in [-0.25, -0.2) is 8.42 Å². The summed E-state index contributed by atoms with van der Waals surface area (Å²) in [6.45, 7) is 2.51. The molecular formula is C35H45N3O6S. The SMILES string of the molecule is CCOc1ccccc1N(CCCC(=O)N(Cc1cccc(OC)c1)[C@@H](Cc1ccccc1)C(=O)NC1CCCC1)S(C)(=O)=O. The molecular weight excluding hydrogens is 590 g/mol. The fraction of sp³-hybridized carbons (Fsp3) is 0.429. The van der Waals surface area contributed by atoms with Crippen LogP contribution in [0, 0.1) is 0 Å². The van der Waals surface area contributed by atoms with Crippen LogP contribution in [-0.2, 0) is 32.6 Å². The molecule has 3 aromatic carbocycles. The number of benzene rings is 3. The van der Waals surface area contributed by atoms with Crippen LogP contribution < -0.4 is 19.1 Å². The van der Waals surface area contributed by atoms with Gasteiger partial charge in [-0.2, -0.15) is 0 Å². The smallest absolute Gasteiger partial charge is 0.243 e. The van der Waals surface area contributed by atoms with E-state index in [0.717, 1.165) is 43.1 Å². The van der Waals surface area contributed by atoms with Crippen LogP contribution in [0.4, 0.5) is 5.69 Å². The third-order valence-electron chi connectivity index (χ3n) is 8.05. The van der Waals surface area contributed by atoms with Crippen LogP contribution in [0.2, 0.25) is 0 Å². The molecule has 0 radical (unpaired) electrons. The summed E-state index contributed by atoms with van der Waals surface area (Å²) in [4.78, 5) is 29.7. The first-order valence-electron chi connectivity index (χ1n) is 15.7. The molecule has 1 aliphatic rings. The largest absolute Gasteiger partial charge is 0.497 e. The van der Waals surface area contributed by atoms with Crippen molar-refractivity contribution in [3.05, 3.63) is 90.0 Å². The summed E-state index contributed by atoms with van der Waals surface area (Å²) in [5.74, 6) is 0.715. The quantitative estimate of drug-likeness (QED) is 0.228. The minimum Gasteiger partial charge on any atom is -0.497 e. The Hall–Kier alpha value is -4.05. The lowest BCUT2D eigenvalue weighted by Crippen LogP contribution is -2.52. The van der Waals surface area contributed by atoms with Crippen LogP contribution >= 0.6 is 0 Å². The van der Waals surface area contributed by atoms with Crippen LogP contribution in [0.1, 0.15) is 56.6 Å². The number of anilines is 1. The van der Waals surface area contributed by atoms with Gasteiger partial charge in [0.25, 0.3) is 0 Å². The molecule has 9 nitrogen and oxygen atoms in total. The standard InChI is InChI=1S/C35H45N3O6S/c1-4-44-33-21-11-10-20-31(33)38(45(3,41)42)23-13-22-34(39)37(26-28-16-12-19-30(24-28)43-2)32(25-27-14-6-5-7-15-27)35(40)36-29-17-8-9-18-29/h5-7,10-12,14-16,19-21,24,29,32H,4,8-9,13,17-18,22-23,25-26H2,1-3H3,(H,36,40)/t32-/m0/s1. The molecule has 2 amide bonds. The third kappa shape index (κ3) is 9.72. The zero-order valence-corrected chi connectivity index (χ0v) is 27.3. The van der Waals surface area contributed by atoms with Gasteiger partial charge in [0.2, 0.25) is 21.8 Å². The lowest BCUT2D eigenvalue weighted by Gasteiger charge is -2.33. The summed E-state index contributed by atoms with van der Waals surface area (Å²) in [5.41, 5.74) is 2.21. The molecule has 45 heavy (non-hydrogen) atoms. The van der Waals surface area contributed by atoms with Gasteiger partial charge in [0.05, 0.1) is 25.7 Å². The molecule has 1 aliphatic carbocycles. The summed E-state index contributed by atoms with van der Waals surface area (Å²) < 4.78 is 38.2. The summed E-state index contributed by atoms with van der Waals surface area (Å²) in [6, 6.07) is 23.5. The number of nitrogens with zero attached hydrogens (tertiary/aromatic N) is 2. The van der Waals surface area contributed by atoms with Crippen molar-refractivity contribution in [3.8, 4) is 11.5 Å². The average Bonchev–Trinajstić information content (AvgIpc) is 3.54. The number of amides is 2. The average molecular weight is 636 g/mol. The Labute approximate surface area is 267 Å². The van der Waals surface area contributed by atoms with E-state index in [1.165, 1.54) is 4.31 Å². The first-order valence-corrected chi connectivity index (χ1v) is 17.5. The molecule has 0 saturated heterocycles. The Morgan fingerprint density at radius 3 is 2.33 bits per heavy atom. The number of para-hydroxylation sites is 2. The first kappa shape index (κ1) is 33.8. The van der Waals surface area contributed by atoms with Crippen molar-refractivity contribution in [1.82, 2.24) is 10.2 Å². The lowest BCUT2D eigenvalue weighted by atomic mass is 10.0. The topological polar surface area (TPSA) is 105 Å². The molecule has 242 valence electrons. The van der Waals surface area contributed by atoms with E-state index in [2.05, 4.69) is 5.32 Å². The van der Waals surface area contributed by atoms with Crippen LogP contribution in [0.15, 0.2) is 78.9 Å². The summed E-state index contributed by atoms with van der Waals surface area (Å²) in [6.07, 6.45) is 5.81. The molecule has 1 fully saturated rings. The van der Waals surface area contributed by atoms with Crippen LogP contribution in [0.5, 0.6) is 11.5 Å².